The summed E-state index contributed by atoms with van der Waals surface area (Å²) in [5.74, 6) is 0.00475. The van der Waals surface area contributed by atoms with E-state index in [4.69, 9.17) is 4.74 Å². The van der Waals surface area contributed by atoms with Gasteiger partial charge in [0.1, 0.15) is 17.9 Å². The number of ketones is 1. The molecule has 0 aliphatic carbocycles. The van der Waals surface area contributed by atoms with Crippen LogP contribution in [0.15, 0.2) is 71.7 Å². The average molecular weight is 456 g/mol. The average Bonchev–Trinajstić information content (AvgIpc) is 2.82. The van der Waals surface area contributed by atoms with Gasteiger partial charge in [-0.3, -0.25) is 14.4 Å². The highest BCUT2D eigenvalue weighted by molar-refractivity contribution is 6.10. The van der Waals surface area contributed by atoms with Gasteiger partial charge in [0.15, 0.2) is 5.78 Å². The molecule has 7 nitrogen and oxygen atoms in total. The van der Waals surface area contributed by atoms with E-state index in [1.54, 1.807) is 60.0 Å². The maximum Gasteiger partial charge on any atom is 0.244 e. The second-order valence-corrected chi connectivity index (χ2v) is 8.02. The molecule has 7 heteroatoms. The van der Waals surface area contributed by atoms with Crippen molar-refractivity contribution >= 4 is 28.4 Å². The molecule has 0 saturated carbocycles. The smallest absolute Gasteiger partial charge is 0.244 e. The van der Waals surface area contributed by atoms with Gasteiger partial charge in [0.2, 0.25) is 11.3 Å². The number of fused-ring (bicyclic) bond motifs is 1. The molecule has 0 aliphatic heterocycles. The fourth-order valence-electron chi connectivity index (χ4n) is 3.66. The van der Waals surface area contributed by atoms with Gasteiger partial charge in [0.25, 0.3) is 0 Å². The van der Waals surface area contributed by atoms with Crippen molar-refractivity contribution in [2.24, 2.45) is 0 Å². The molecule has 0 saturated heterocycles. The normalized spacial score (nSPS) is 10.8. The lowest BCUT2D eigenvalue weighted by molar-refractivity contribution is -0.116. The van der Waals surface area contributed by atoms with Crippen molar-refractivity contribution in [1.29, 1.82) is 0 Å². The first kappa shape index (κ1) is 22.9. The zero-order chi connectivity index (χ0) is 24.2. The van der Waals surface area contributed by atoms with Crippen LogP contribution in [0.2, 0.25) is 0 Å². The number of carbonyl (C=O) groups is 2. The summed E-state index contributed by atoms with van der Waals surface area (Å²) in [5.41, 5.74) is 2.68. The number of aromatic nitrogens is 2. The summed E-state index contributed by atoms with van der Waals surface area (Å²) in [6, 6.07) is 17.4. The van der Waals surface area contributed by atoms with Crippen LogP contribution in [0.4, 0.5) is 5.69 Å². The number of nitrogens with zero attached hydrogens (tertiary/aromatic N) is 2. The number of pyridine rings is 2. The number of carbonyl (C=O) groups excluding carboxylic acids is 2. The number of hydrogen-bond donors (Lipinski definition) is 1. The molecular formula is C27H25N3O4. The van der Waals surface area contributed by atoms with Crippen molar-refractivity contribution in [3.63, 3.8) is 0 Å². The van der Waals surface area contributed by atoms with Gasteiger partial charge in [-0.15, -0.1) is 0 Å². The van der Waals surface area contributed by atoms with Crippen molar-refractivity contribution in [3.8, 4) is 5.75 Å². The number of anilines is 1. The molecule has 0 spiro atoms. The highest BCUT2D eigenvalue weighted by Gasteiger charge is 2.19. The maximum atomic E-state index is 13.2. The van der Waals surface area contributed by atoms with Crippen LogP contribution in [0, 0.1) is 13.8 Å². The van der Waals surface area contributed by atoms with Gasteiger partial charge in [0, 0.05) is 23.1 Å². The third-order valence-electron chi connectivity index (χ3n) is 5.38. The SMILES string of the molecule is CCOc1ccc(NC(=O)Cn2cc(C(=O)c3ccc(C)cc3)c(=O)c3ccc(C)nc32)cc1. The Morgan fingerprint density at radius 3 is 2.35 bits per heavy atom. The standard InChI is InChI=1S/C27H25N3O4/c1-4-34-21-12-10-20(11-13-21)29-24(31)16-30-15-23(25(32)19-8-5-17(2)6-9-19)26(33)22-14-7-18(3)28-27(22)30/h5-15H,4,16H2,1-3H3,(H,29,31). The second-order valence-electron chi connectivity index (χ2n) is 8.02. The van der Waals surface area contributed by atoms with Crippen LogP contribution in [0.5, 0.6) is 5.75 Å². The molecule has 2 aromatic heterocycles. The van der Waals surface area contributed by atoms with Crippen LogP contribution in [0.25, 0.3) is 11.0 Å². The van der Waals surface area contributed by atoms with E-state index in [0.717, 1.165) is 5.56 Å². The van der Waals surface area contributed by atoms with Gasteiger partial charge < -0.3 is 14.6 Å². The van der Waals surface area contributed by atoms with Gasteiger partial charge in [-0.05, 0) is 57.2 Å². The van der Waals surface area contributed by atoms with Gasteiger partial charge in [-0.2, -0.15) is 0 Å². The summed E-state index contributed by atoms with van der Waals surface area (Å²) in [5, 5.41) is 3.12. The lowest BCUT2D eigenvalue weighted by Gasteiger charge is -2.13. The van der Waals surface area contributed by atoms with Gasteiger partial charge in [-0.25, -0.2) is 4.98 Å². The van der Waals surface area contributed by atoms with Crippen LogP contribution < -0.4 is 15.5 Å². The highest BCUT2D eigenvalue weighted by Crippen LogP contribution is 2.17. The van der Waals surface area contributed by atoms with E-state index in [0.29, 0.717) is 34.9 Å². The minimum absolute atomic E-state index is 0.00382. The molecule has 1 N–H and O–H groups in total. The Morgan fingerprint density at radius 1 is 0.971 bits per heavy atom. The summed E-state index contributed by atoms with van der Waals surface area (Å²) in [6.45, 7) is 6.07. The van der Waals surface area contributed by atoms with Gasteiger partial charge in [0.05, 0.1) is 17.6 Å². The van der Waals surface area contributed by atoms with E-state index in [9.17, 15) is 14.4 Å². The topological polar surface area (TPSA) is 90.3 Å². The number of ether oxygens (including phenoxy) is 1. The minimum Gasteiger partial charge on any atom is -0.494 e. The molecule has 34 heavy (non-hydrogen) atoms. The van der Waals surface area contributed by atoms with E-state index in [1.807, 2.05) is 26.0 Å². The third kappa shape index (κ3) is 4.88. The van der Waals surface area contributed by atoms with Crippen molar-refractivity contribution < 1.29 is 14.3 Å². The second kappa shape index (κ2) is 9.70. The highest BCUT2D eigenvalue weighted by atomic mass is 16.5. The van der Waals surface area contributed by atoms with Gasteiger partial charge in [-0.1, -0.05) is 29.8 Å². The molecule has 1 amide bonds. The summed E-state index contributed by atoms with van der Waals surface area (Å²) in [6.07, 6.45) is 1.43. The molecular weight excluding hydrogens is 430 g/mol. The predicted molar refractivity (Wildman–Crippen MR) is 132 cm³/mol. The fourth-order valence-corrected chi connectivity index (χ4v) is 3.66. The Labute approximate surface area is 197 Å². The van der Waals surface area contributed by atoms with E-state index in [-0.39, 0.29) is 23.4 Å². The van der Waals surface area contributed by atoms with E-state index < -0.39 is 11.2 Å². The van der Waals surface area contributed by atoms with Crippen molar-refractivity contribution in [2.75, 3.05) is 11.9 Å². The number of rotatable bonds is 7. The molecule has 4 aromatic rings. The van der Waals surface area contributed by atoms with Crippen LogP contribution in [0.3, 0.4) is 0 Å². The van der Waals surface area contributed by atoms with Crippen LogP contribution >= 0.6 is 0 Å². The number of benzene rings is 2. The number of amides is 1. The van der Waals surface area contributed by atoms with E-state index >= 15 is 0 Å². The molecule has 0 radical (unpaired) electrons. The molecule has 0 atom stereocenters. The predicted octanol–water partition coefficient (Wildman–Crippen LogP) is 4.28. The van der Waals surface area contributed by atoms with Crippen LogP contribution in [0.1, 0.15) is 34.1 Å². The van der Waals surface area contributed by atoms with Gasteiger partial charge >= 0.3 is 0 Å². The van der Waals surface area contributed by atoms with E-state index in [1.165, 1.54) is 6.20 Å². The molecule has 0 unspecified atom stereocenters. The minimum atomic E-state index is -0.406. The molecule has 172 valence electrons. The maximum absolute atomic E-state index is 13.2. The first-order chi connectivity index (χ1) is 16.4. The Kier molecular flexibility index (Phi) is 6.54. The van der Waals surface area contributed by atoms with Crippen molar-refractivity contribution in [2.45, 2.75) is 27.3 Å². The third-order valence-corrected chi connectivity index (χ3v) is 5.38. The van der Waals surface area contributed by atoms with Crippen LogP contribution in [-0.2, 0) is 11.3 Å². The molecule has 4 rings (SSSR count). The zero-order valence-electron chi connectivity index (χ0n) is 19.3. The molecule has 0 fully saturated rings. The summed E-state index contributed by atoms with van der Waals surface area (Å²) in [7, 11) is 0. The summed E-state index contributed by atoms with van der Waals surface area (Å²) >= 11 is 0. The molecule has 2 aromatic carbocycles. The van der Waals surface area contributed by atoms with Crippen molar-refractivity contribution in [3.05, 3.63) is 99.5 Å². The Bertz CT molecular complexity index is 1420. The van der Waals surface area contributed by atoms with E-state index in [2.05, 4.69) is 10.3 Å². The largest absolute Gasteiger partial charge is 0.494 e. The first-order valence-electron chi connectivity index (χ1n) is 11.0. The lowest BCUT2D eigenvalue weighted by Crippen LogP contribution is -2.25. The van der Waals surface area contributed by atoms with Crippen molar-refractivity contribution in [1.82, 2.24) is 9.55 Å². The molecule has 0 aliphatic rings. The summed E-state index contributed by atoms with van der Waals surface area (Å²) < 4.78 is 6.97. The van der Waals surface area contributed by atoms with Crippen LogP contribution in [-0.4, -0.2) is 27.8 Å². The molecule has 0 bridgehead atoms. The fraction of sp³-hybridized carbons (Fsp3) is 0.185. The number of nitrogens with one attached hydrogen (secondary N) is 1. The lowest BCUT2D eigenvalue weighted by atomic mass is 10.0. The number of hydrogen-bond acceptors (Lipinski definition) is 5. The molecule has 2 heterocycles. The number of aryl methyl sites for hydroxylation is 2. The summed E-state index contributed by atoms with van der Waals surface area (Å²) in [4.78, 5) is 43.6. The zero-order valence-corrected chi connectivity index (χ0v) is 19.3. The Balaban J connectivity index is 1.69. The quantitative estimate of drug-likeness (QED) is 0.420. The Hall–Kier alpha value is -4.26. The first-order valence-corrected chi connectivity index (χ1v) is 11.0. The Morgan fingerprint density at radius 2 is 1.68 bits per heavy atom. The monoisotopic (exact) mass is 455 g/mol.